The normalized spacial score (nSPS) is 18.2. The second-order valence-corrected chi connectivity index (χ2v) is 10.0. The third kappa shape index (κ3) is 4.68. The predicted octanol–water partition coefficient (Wildman–Crippen LogP) is 5.24. The molecule has 0 spiro atoms. The Morgan fingerprint density at radius 1 is 1.11 bits per heavy atom. The average Bonchev–Trinajstić information content (AvgIpc) is 3.55. The number of aromatic nitrogens is 1. The number of carbonyl (C=O) groups excluding carboxylic acids is 2. The summed E-state index contributed by atoms with van der Waals surface area (Å²) in [4.78, 5) is 37.4. The van der Waals surface area contributed by atoms with Crippen LogP contribution in [0.3, 0.4) is 0 Å². The quantitative estimate of drug-likeness (QED) is 0.376. The molecule has 1 saturated heterocycles. The summed E-state index contributed by atoms with van der Waals surface area (Å²) in [5, 5.41) is 2.79. The number of benzene rings is 2. The van der Waals surface area contributed by atoms with E-state index in [9.17, 15) is 18.4 Å². The minimum atomic E-state index is -0.893. The molecule has 1 N–H and O–H groups in total. The molecular formula is C27H25F2N3O3S. The number of Topliss-reactive ketones (excluding diaryl/α,β-unsaturated/α-hetero) is 1. The molecule has 1 unspecified atom stereocenters. The van der Waals surface area contributed by atoms with E-state index in [2.05, 4.69) is 5.48 Å². The number of nitrogens with zero attached hydrogens (tertiary/aromatic N) is 2. The number of ketones is 1. The lowest BCUT2D eigenvalue weighted by Gasteiger charge is -2.30. The van der Waals surface area contributed by atoms with Gasteiger partial charge in [-0.3, -0.25) is 19.9 Å². The van der Waals surface area contributed by atoms with Gasteiger partial charge in [0.05, 0.1) is 22.0 Å². The van der Waals surface area contributed by atoms with Crippen molar-refractivity contribution in [1.29, 1.82) is 0 Å². The highest BCUT2D eigenvalue weighted by molar-refractivity contribution is 7.09. The van der Waals surface area contributed by atoms with Crippen LogP contribution in [0.5, 0.6) is 0 Å². The number of hydrogen-bond donors (Lipinski definition) is 1. The number of hydroxylamine groups is 1. The molecule has 3 heterocycles. The van der Waals surface area contributed by atoms with Crippen LogP contribution in [0.1, 0.15) is 62.6 Å². The Morgan fingerprint density at radius 2 is 1.83 bits per heavy atom. The first kappa shape index (κ1) is 24.3. The number of thiazole rings is 1. The molecule has 1 aromatic heterocycles. The Labute approximate surface area is 211 Å². The van der Waals surface area contributed by atoms with Gasteiger partial charge in [-0.05, 0) is 56.5 Å². The maximum absolute atomic E-state index is 14.1. The fourth-order valence-electron chi connectivity index (χ4n) is 4.58. The van der Waals surface area contributed by atoms with Gasteiger partial charge in [0.2, 0.25) is 0 Å². The van der Waals surface area contributed by atoms with Crippen molar-refractivity contribution >= 4 is 28.7 Å². The highest BCUT2D eigenvalue weighted by atomic mass is 32.1. The topological polar surface area (TPSA) is 71.5 Å². The molecule has 2 aliphatic rings. The molecule has 5 rings (SSSR count). The Bertz CT molecular complexity index is 1340. The molecule has 186 valence electrons. The zero-order valence-electron chi connectivity index (χ0n) is 19.9. The van der Waals surface area contributed by atoms with Gasteiger partial charge in [0.25, 0.3) is 11.7 Å². The van der Waals surface area contributed by atoms with E-state index in [1.165, 1.54) is 29.5 Å². The first-order valence-corrected chi connectivity index (χ1v) is 12.6. The summed E-state index contributed by atoms with van der Waals surface area (Å²) in [6.07, 6.45) is 2.12. The van der Waals surface area contributed by atoms with E-state index >= 15 is 0 Å². The zero-order chi connectivity index (χ0) is 25.4. The van der Waals surface area contributed by atoms with E-state index in [0.717, 1.165) is 16.1 Å². The van der Waals surface area contributed by atoms with E-state index in [0.29, 0.717) is 42.9 Å². The summed E-state index contributed by atoms with van der Waals surface area (Å²) in [6, 6.07) is 9.25. The van der Waals surface area contributed by atoms with Crippen molar-refractivity contribution in [2.45, 2.75) is 38.7 Å². The third-order valence-corrected chi connectivity index (χ3v) is 7.67. The first-order chi connectivity index (χ1) is 17.3. The van der Waals surface area contributed by atoms with Crippen molar-refractivity contribution < 1.29 is 23.2 Å². The van der Waals surface area contributed by atoms with Gasteiger partial charge in [0.15, 0.2) is 0 Å². The highest BCUT2D eigenvalue weighted by Gasteiger charge is 2.31. The van der Waals surface area contributed by atoms with Gasteiger partial charge in [-0.15, -0.1) is 11.3 Å². The van der Waals surface area contributed by atoms with Crippen molar-refractivity contribution in [3.05, 3.63) is 92.4 Å². The van der Waals surface area contributed by atoms with E-state index in [1.807, 2.05) is 31.4 Å². The second kappa shape index (κ2) is 9.91. The van der Waals surface area contributed by atoms with E-state index < -0.39 is 29.4 Å². The maximum Gasteiger partial charge on any atom is 0.294 e. The minimum Gasteiger partial charge on any atom is -0.336 e. The summed E-state index contributed by atoms with van der Waals surface area (Å²) in [5.74, 6) is -2.12. The number of hydrogen-bond acceptors (Lipinski definition) is 6. The number of piperidine rings is 1. The van der Waals surface area contributed by atoms with Gasteiger partial charge in [-0.2, -0.15) is 0 Å². The van der Waals surface area contributed by atoms with Crippen LogP contribution in [0, 0.1) is 25.5 Å². The molecule has 0 aliphatic carbocycles. The van der Waals surface area contributed by atoms with E-state index in [4.69, 9.17) is 9.82 Å². The van der Waals surface area contributed by atoms with Crippen LogP contribution in [0.15, 0.2) is 47.9 Å². The monoisotopic (exact) mass is 509 g/mol. The van der Waals surface area contributed by atoms with Crippen molar-refractivity contribution in [3.8, 4) is 0 Å². The minimum absolute atomic E-state index is 0.150. The largest absolute Gasteiger partial charge is 0.336 e. The van der Waals surface area contributed by atoms with Gasteiger partial charge < -0.3 is 4.90 Å². The van der Waals surface area contributed by atoms with Gasteiger partial charge >= 0.3 is 0 Å². The number of rotatable bonds is 5. The number of amides is 1. The molecule has 3 aromatic rings. The van der Waals surface area contributed by atoms with Crippen LogP contribution < -0.4 is 5.48 Å². The van der Waals surface area contributed by atoms with Crippen molar-refractivity contribution in [1.82, 2.24) is 15.4 Å². The number of likely N-dealkylation sites (tertiary alicyclic amines) is 1. The lowest BCUT2D eigenvalue weighted by molar-refractivity contribution is -0.127. The maximum atomic E-state index is 14.1. The SMILES string of the molecule is Cc1ccc(C)c(C(=O)C(=O)N2CCC(c3nc(C4=CC(c5c(F)cccc5F)ON4)cs3)CC2)c1. The molecule has 6 nitrogen and oxygen atoms in total. The number of carbonyl (C=O) groups is 2. The smallest absolute Gasteiger partial charge is 0.294 e. The van der Waals surface area contributed by atoms with Crippen molar-refractivity contribution in [2.75, 3.05) is 13.1 Å². The standard InChI is InChI=1S/C27H25F2N3O3S/c1-15-6-7-16(2)18(12-15)25(33)27(34)32-10-8-17(9-11-32)26-30-22(14-36-26)21-13-23(35-31-21)24-19(28)4-3-5-20(24)29/h3-7,12-14,17,23,31H,8-11H2,1-2H3. The Hall–Kier alpha value is -3.43. The van der Waals surface area contributed by atoms with Gasteiger partial charge in [0, 0.05) is 30.0 Å². The van der Waals surface area contributed by atoms with Gasteiger partial charge in [0.1, 0.15) is 17.7 Å². The van der Waals surface area contributed by atoms with Crippen LogP contribution in [-0.2, 0) is 9.63 Å². The van der Waals surface area contributed by atoms with Crippen LogP contribution in [-0.4, -0.2) is 34.7 Å². The zero-order valence-corrected chi connectivity index (χ0v) is 20.7. The number of aryl methyl sites for hydroxylation is 2. The fraction of sp³-hybridized carbons (Fsp3) is 0.296. The van der Waals surface area contributed by atoms with Crippen molar-refractivity contribution in [2.24, 2.45) is 0 Å². The molecule has 0 saturated carbocycles. The van der Waals surface area contributed by atoms with Gasteiger partial charge in [-0.1, -0.05) is 23.8 Å². The molecule has 36 heavy (non-hydrogen) atoms. The predicted molar refractivity (Wildman–Crippen MR) is 132 cm³/mol. The average molecular weight is 510 g/mol. The lowest BCUT2D eigenvalue weighted by Crippen LogP contribution is -2.41. The molecule has 0 bridgehead atoms. The number of halogens is 2. The van der Waals surface area contributed by atoms with Gasteiger partial charge in [-0.25, -0.2) is 13.8 Å². The Kier molecular flexibility index (Phi) is 6.68. The lowest BCUT2D eigenvalue weighted by atomic mass is 9.96. The van der Waals surface area contributed by atoms with E-state index in [1.54, 1.807) is 17.0 Å². The summed E-state index contributed by atoms with van der Waals surface area (Å²) in [6.45, 7) is 4.69. The molecule has 1 atom stereocenters. The number of nitrogens with one attached hydrogen (secondary N) is 1. The molecule has 2 aliphatic heterocycles. The van der Waals surface area contributed by atoms with Crippen LogP contribution >= 0.6 is 11.3 Å². The van der Waals surface area contributed by atoms with E-state index in [-0.39, 0.29) is 11.5 Å². The van der Waals surface area contributed by atoms with Crippen LogP contribution in [0.25, 0.3) is 5.70 Å². The molecule has 0 radical (unpaired) electrons. The molecule has 2 aromatic carbocycles. The summed E-state index contributed by atoms with van der Waals surface area (Å²) < 4.78 is 28.2. The Balaban J connectivity index is 1.23. The second-order valence-electron chi connectivity index (χ2n) is 9.14. The summed E-state index contributed by atoms with van der Waals surface area (Å²) in [5.41, 5.74) is 5.97. The molecule has 1 fully saturated rings. The molecule has 9 heteroatoms. The first-order valence-electron chi connectivity index (χ1n) is 11.8. The van der Waals surface area contributed by atoms with Crippen LogP contribution in [0.2, 0.25) is 0 Å². The third-order valence-electron chi connectivity index (χ3n) is 6.66. The fourth-order valence-corrected chi connectivity index (χ4v) is 5.57. The van der Waals surface area contributed by atoms with Crippen molar-refractivity contribution in [3.63, 3.8) is 0 Å². The highest BCUT2D eigenvalue weighted by Crippen LogP contribution is 2.35. The Morgan fingerprint density at radius 3 is 2.56 bits per heavy atom. The summed E-state index contributed by atoms with van der Waals surface area (Å²) >= 11 is 1.50. The van der Waals surface area contributed by atoms with Crippen LogP contribution in [0.4, 0.5) is 8.78 Å². The molecular weight excluding hydrogens is 484 g/mol. The molecule has 1 amide bonds. The summed E-state index contributed by atoms with van der Waals surface area (Å²) in [7, 11) is 0.